The van der Waals surface area contributed by atoms with Crippen LogP contribution in [0.15, 0.2) is 18.2 Å². The second-order valence-electron chi connectivity index (χ2n) is 2.25. The molecule has 0 unspecified atom stereocenters. The molecular weight excluding hydrogens is 190 g/mol. The van der Waals surface area contributed by atoms with E-state index < -0.39 is 0 Å². The number of fused-ring (bicyclic) bond motifs is 1. The van der Waals surface area contributed by atoms with Crippen molar-refractivity contribution in [2.45, 2.75) is 0 Å². The summed E-state index contributed by atoms with van der Waals surface area (Å²) in [4.78, 5) is 4.18. The van der Waals surface area contributed by atoms with Crippen LogP contribution in [-0.2, 0) is 0 Å². The summed E-state index contributed by atoms with van der Waals surface area (Å²) < 4.78 is 1.04. The van der Waals surface area contributed by atoms with Gasteiger partial charge in [-0.1, -0.05) is 17.7 Å². The number of rotatable bonds is 0. The summed E-state index contributed by atoms with van der Waals surface area (Å²) in [5.41, 5.74) is 0.803. The van der Waals surface area contributed by atoms with E-state index in [-0.39, 0.29) is 0 Å². The zero-order valence-corrected chi connectivity index (χ0v) is 7.62. The van der Waals surface area contributed by atoms with E-state index in [1.165, 1.54) is 11.3 Å². The maximum Gasteiger partial charge on any atom is 0.167 e. The highest BCUT2D eigenvalue weighted by atomic mass is 35.5. The van der Waals surface area contributed by atoms with E-state index in [2.05, 4.69) is 10.9 Å². The van der Waals surface area contributed by atoms with E-state index >= 15 is 0 Å². The largest absolute Gasteiger partial charge is 0.226 e. The van der Waals surface area contributed by atoms with Gasteiger partial charge in [-0.25, -0.2) is 4.98 Å². The van der Waals surface area contributed by atoms with Crippen LogP contribution in [0.2, 0.25) is 5.02 Å². The number of terminal acetylenes is 1. The number of thiazole rings is 1. The van der Waals surface area contributed by atoms with Gasteiger partial charge in [-0.3, -0.25) is 0 Å². The summed E-state index contributed by atoms with van der Waals surface area (Å²) in [5, 5.41) is 1.34. The molecule has 0 amide bonds. The Hall–Kier alpha value is -1.04. The number of nitrogens with zero attached hydrogens (tertiary/aromatic N) is 1. The maximum atomic E-state index is 5.90. The smallest absolute Gasteiger partial charge is 0.167 e. The van der Waals surface area contributed by atoms with Crippen LogP contribution in [0.5, 0.6) is 0 Å². The van der Waals surface area contributed by atoms with Crippen molar-refractivity contribution >= 4 is 33.2 Å². The highest BCUT2D eigenvalue weighted by molar-refractivity contribution is 7.19. The van der Waals surface area contributed by atoms with Crippen LogP contribution in [0.1, 0.15) is 5.01 Å². The first-order valence-corrected chi connectivity index (χ1v) is 4.52. The van der Waals surface area contributed by atoms with Gasteiger partial charge in [0.25, 0.3) is 0 Å². The second kappa shape index (κ2) is 2.78. The van der Waals surface area contributed by atoms with E-state index in [0.29, 0.717) is 10.0 Å². The summed E-state index contributed by atoms with van der Waals surface area (Å²) in [7, 11) is 0. The van der Waals surface area contributed by atoms with E-state index in [1.54, 1.807) is 0 Å². The van der Waals surface area contributed by atoms with Crippen LogP contribution in [0.25, 0.3) is 10.2 Å². The van der Waals surface area contributed by atoms with Gasteiger partial charge in [0.05, 0.1) is 9.72 Å². The molecule has 1 heterocycles. The van der Waals surface area contributed by atoms with Crippen LogP contribution >= 0.6 is 22.9 Å². The first-order valence-electron chi connectivity index (χ1n) is 3.33. The molecule has 0 atom stereocenters. The van der Waals surface area contributed by atoms with E-state index in [4.69, 9.17) is 18.0 Å². The number of para-hydroxylation sites is 1. The monoisotopic (exact) mass is 193 g/mol. The molecule has 12 heavy (non-hydrogen) atoms. The average molecular weight is 194 g/mol. The van der Waals surface area contributed by atoms with Gasteiger partial charge in [-0.15, -0.1) is 17.8 Å². The summed E-state index contributed by atoms with van der Waals surface area (Å²) in [5.74, 6) is 2.49. The average Bonchev–Trinajstić information content (AvgIpc) is 2.49. The predicted molar refractivity (Wildman–Crippen MR) is 52.6 cm³/mol. The lowest BCUT2D eigenvalue weighted by Gasteiger charge is -1.87. The Morgan fingerprint density at radius 2 is 2.33 bits per heavy atom. The van der Waals surface area contributed by atoms with Crippen molar-refractivity contribution in [3.63, 3.8) is 0 Å². The van der Waals surface area contributed by atoms with Gasteiger partial charge in [0.15, 0.2) is 5.01 Å². The lowest BCUT2D eigenvalue weighted by Crippen LogP contribution is -1.70. The molecule has 1 aromatic heterocycles. The van der Waals surface area contributed by atoms with Gasteiger partial charge < -0.3 is 0 Å². The van der Waals surface area contributed by atoms with Crippen molar-refractivity contribution in [1.82, 2.24) is 4.98 Å². The molecule has 0 saturated heterocycles. The molecule has 0 bridgehead atoms. The molecule has 0 saturated carbocycles. The van der Waals surface area contributed by atoms with E-state index in [9.17, 15) is 0 Å². The van der Waals surface area contributed by atoms with Crippen molar-refractivity contribution in [2.24, 2.45) is 0 Å². The summed E-state index contributed by atoms with van der Waals surface area (Å²) in [6.45, 7) is 0. The third-order valence-corrected chi connectivity index (χ3v) is 2.75. The minimum Gasteiger partial charge on any atom is -0.226 e. The minimum atomic E-state index is 0.658. The van der Waals surface area contributed by atoms with Crippen LogP contribution < -0.4 is 0 Å². The highest BCUT2D eigenvalue weighted by Crippen LogP contribution is 2.27. The van der Waals surface area contributed by atoms with Crippen LogP contribution in [-0.4, -0.2) is 4.98 Å². The number of benzene rings is 1. The molecule has 2 rings (SSSR count). The topological polar surface area (TPSA) is 12.9 Å². The Morgan fingerprint density at radius 3 is 3.00 bits per heavy atom. The van der Waals surface area contributed by atoms with Crippen molar-refractivity contribution in [2.75, 3.05) is 0 Å². The van der Waals surface area contributed by atoms with Gasteiger partial charge in [0.1, 0.15) is 5.52 Å². The fourth-order valence-electron chi connectivity index (χ4n) is 0.977. The van der Waals surface area contributed by atoms with Gasteiger partial charge in [0, 0.05) is 0 Å². The fraction of sp³-hybridized carbons (Fsp3) is 0. The molecule has 58 valence electrons. The fourth-order valence-corrected chi connectivity index (χ4v) is 2.05. The Balaban J connectivity index is 2.85. The number of aromatic nitrogens is 1. The molecular formula is C9H4ClNS. The van der Waals surface area contributed by atoms with Crippen molar-refractivity contribution in [3.8, 4) is 12.3 Å². The molecule has 0 aliphatic carbocycles. The normalized spacial score (nSPS) is 10.0. The molecule has 0 aliphatic rings. The first kappa shape index (κ1) is 7.60. The zero-order valence-electron chi connectivity index (χ0n) is 6.04. The van der Waals surface area contributed by atoms with Crippen LogP contribution in [0.3, 0.4) is 0 Å². The lowest BCUT2D eigenvalue weighted by atomic mass is 10.3. The van der Waals surface area contributed by atoms with Crippen molar-refractivity contribution < 1.29 is 0 Å². The number of hydrogen-bond donors (Lipinski definition) is 0. The standard InChI is InChI=1S/C9H4ClNS/c1-2-8-11-9-6(10)4-3-5-7(9)12-8/h1,3-5H. The number of hydrogen-bond acceptors (Lipinski definition) is 2. The minimum absolute atomic E-state index is 0.658. The summed E-state index contributed by atoms with van der Waals surface area (Å²) in [6.07, 6.45) is 5.22. The van der Waals surface area contributed by atoms with Crippen LogP contribution in [0, 0.1) is 12.3 Å². The van der Waals surface area contributed by atoms with E-state index in [1.807, 2.05) is 18.2 Å². The third-order valence-electron chi connectivity index (χ3n) is 1.49. The van der Waals surface area contributed by atoms with Gasteiger partial charge in [0.2, 0.25) is 0 Å². The summed E-state index contributed by atoms with van der Waals surface area (Å²) >= 11 is 7.38. The lowest BCUT2D eigenvalue weighted by molar-refractivity contribution is 1.46. The van der Waals surface area contributed by atoms with Crippen molar-refractivity contribution in [1.29, 1.82) is 0 Å². The molecule has 1 nitrogen and oxygen atoms in total. The Kier molecular flexibility index (Phi) is 1.76. The van der Waals surface area contributed by atoms with Crippen molar-refractivity contribution in [3.05, 3.63) is 28.2 Å². The van der Waals surface area contributed by atoms with Crippen LogP contribution in [0.4, 0.5) is 0 Å². The zero-order chi connectivity index (χ0) is 8.55. The van der Waals surface area contributed by atoms with Gasteiger partial charge >= 0.3 is 0 Å². The molecule has 3 heteroatoms. The van der Waals surface area contributed by atoms with E-state index in [0.717, 1.165) is 10.2 Å². The molecule has 0 N–H and O–H groups in total. The maximum absolute atomic E-state index is 5.90. The third kappa shape index (κ3) is 1.08. The molecule has 0 spiro atoms. The highest BCUT2D eigenvalue weighted by Gasteiger charge is 2.03. The van der Waals surface area contributed by atoms with Gasteiger partial charge in [-0.2, -0.15) is 0 Å². The second-order valence-corrected chi connectivity index (χ2v) is 3.69. The molecule has 0 fully saturated rings. The first-order chi connectivity index (χ1) is 5.81. The molecule has 1 aromatic carbocycles. The summed E-state index contributed by atoms with van der Waals surface area (Å²) in [6, 6.07) is 5.66. The number of halogens is 1. The SMILES string of the molecule is C#Cc1nc2c(Cl)cccc2s1. The molecule has 0 aliphatic heterocycles. The predicted octanol–water partition coefficient (Wildman–Crippen LogP) is 2.93. The van der Waals surface area contributed by atoms with Gasteiger partial charge in [-0.05, 0) is 18.1 Å². The Morgan fingerprint density at radius 1 is 1.50 bits per heavy atom. The Labute approximate surface area is 79.0 Å². The molecule has 0 radical (unpaired) electrons. The Bertz CT molecular complexity index is 467. The molecule has 2 aromatic rings. The quantitative estimate of drug-likeness (QED) is 0.587.